The van der Waals surface area contributed by atoms with Crippen molar-refractivity contribution in [3.63, 3.8) is 0 Å². The molecule has 0 bridgehead atoms. The molecule has 0 saturated carbocycles. The van der Waals surface area contributed by atoms with Crippen molar-refractivity contribution in [2.45, 2.75) is 25.0 Å². The summed E-state index contributed by atoms with van der Waals surface area (Å²) in [5.41, 5.74) is 5.74. The zero-order chi connectivity index (χ0) is 28.4. The molecule has 9 heteroatoms. The van der Waals surface area contributed by atoms with E-state index in [1.54, 1.807) is 31.2 Å². The van der Waals surface area contributed by atoms with Crippen LogP contribution in [0.1, 0.15) is 22.3 Å². The lowest BCUT2D eigenvalue weighted by molar-refractivity contribution is -0.121. The molecule has 0 spiro atoms. The Morgan fingerprint density at radius 2 is 1.55 bits per heavy atom. The highest BCUT2D eigenvalue weighted by Crippen LogP contribution is 2.28. The number of rotatable bonds is 12. The molecule has 0 aliphatic carbocycles. The van der Waals surface area contributed by atoms with Crippen LogP contribution in [0.2, 0.25) is 0 Å². The number of carbonyl (C=O) groups excluding carboxylic acids is 1. The molecule has 0 aromatic heterocycles. The predicted molar refractivity (Wildman–Crippen MR) is 155 cm³/mol. The van der Waals surface area contributed by atoms with Gasteiger partial charge in [0.2, 0.25) is 10.0 Å². The minimum atomic E-state index is -4.09. The van der Waals surface area contributed by atoms with Gasteiger partial charge in [0, 0.05) is 6.54 Å². The third kappa shape index (κ3) is 7.78. The van der Waals surface area contributed by atoms with Crippen LogP contribution < -0.4 is 14.9 Å². The van der Waals surface area contributed by atoms with E-state index in [4.69, 9.17) is 9.47 Å². The Balaban J connectivity index is 1.42. The van der Waals surface area contributed by atoms with Gasteiger partial charge >= 0.3 is 0 Å². The molecular formula is C31H31N3O5S. The standard InChI is InChI=1S/C31H31N3O5S/c1-24-13-18-29(38-2)30(19-24)40(36,37)34(21-26-9-5-3-6-10-26)22-31(35)33-32-20-25-14-16-28(17-15-25)39-23-27-11-7-4-8-12-27/h3-20H,21-23H2,1-2H3,(H,33,35)/b32-20+. The molecule has 4 aromatic rings. The van der Waals surface area contributed by atoms with Gasteiger partial charge in [-0.05, 0) is 65.6 Å². The number of benzene rings is 4. The average Bonchev–Trinajstić information content (AvgIpc) is 2.97. The zero-order valence-corrected chi connectivity index (χ0v) is 23.2. The topological polar surface area (TPSA) is 97.3 Å². The van der Waals surface area contributed by atoms with Crippen LogP contribution in [0.4, 0.5) is 0 Å². The summed E-state index contributed by atoms with van der Waals surface area (Å²) < 4.78 is 39.6. The minimum Gasteiger partial charge on any atom is -0.495 e. The molecule has 0 aliphatic rings. The Morgan fingerprint density at radius 1 is 0.900 bits per heavy atom. The van der Waals surface area contributed by atoms with Crippen molar-refractivity contribution in [1.29, 1.82) is 0 Å². The lowest BCUT2D eigenvalue weighted by Crippen LogP contribution is -2.39. The molecular weight excluding hydrogens is 526 g/mol. The summed E-state index contributed by atoms with van der Waals surface area (Å²) in [5.74, 6) is 0.335. The van der Waals surface area contributed by atoms with Gasteiger partial charge in [0.1, 0.15) is 23.0 Å². The van der Waals surface area contributed by atoms with E-state index < -0.39 is 22.5 Å². The van der Waals surface area contributed by atoms with Crippen molar-refractivity contribution in [2.24, 2.45) is 5.10 Å². The first-order chi connectivity index (χ1) is 19.3. The van der Waals surface area contributed by atoms with Crippen molar-refractivity contribution >= 4 is 22.1 Å². The second-order valence-electron chi connectivity index (χ2n) is 9.05. The maximum absolute atomic E-state index is 13.7. The van der Waals surface area contributed by atoms with Crippen LogP contribution >= 0.6 is 0 Å². The number of sulfonamides is 1. The second-order valence-corrected chi connectivity index (χ2v) is 11.0. The molecule has 1 amide bonds. The highest BCUT2D eigenvalue weighted by molar-refractivity contribution is 7.89. The average molecular weight is 558 g/mol. The van der Waals surface area contributed by atoms with E-state index in [0.29, 0.717) is 12.4 Å². The predicted octanol–water partition coefficient (Wildman–Crippen LogP) is 4.92. The fourth-order valence-electron chi connectivity index (χ4n) is 3.90. The Kier molecular flexibility index (Phi) is 9.66. The molecule has 0 saturated heterocycles. The number of methoxy groups -OCH3 is 1. The summed E-state index contributed by atoms with van der Waals surface area (Å²) in [6.45, 7) is 1.82. The van der Waals surface area contributed by atoms with Crippen LogP contribution in [0.3, 0.4) is 0 Å². The van der Waals surface area contributed by atoms with Gasteiger partial charge in [-0.1, -0.05) is 66.7 Å². The fourth-order valence-corrected chi connectivity index (χ4v) is 5.53. The van der Waals surface area contributed by atoms with Crippen LogP contribution in [0.25, 0.3) is 0 Å². The van der Waals surface area contributed by atoms with Gasteiger partial charge in [0.05, 0.1) is 19.9 Å². The Labute approximate surface area is 234 Å². The van der Waals surface area contributed by atoms with Gasteiger partial charge < -0.3 is 9.47 Å². The summed E-state index contributed by atoms with van der Waals surface area (Å²) in [6, 6.07) is 31.1. The van der Waals surface area contributed by atoms with Crippen LogP contribution in [-0.2, 0) is 28.0 Å². The van der Waals surface area contributed by atoms with E-state index in [1.807, 2.05) is 72.8 Å². The maximum atomic E-state index is 13.7. The SMILES string of the molecule is COc1ccc(C)cc1S(=O)(=O)N(CC(=O)N/N=C/c1ccc(OCc2ccccc2)cc1)Cc1ccccc1. The lowest BCUT2D eigenvalue weighted by Gasteiger charge is -2.23. The number of nitrogens with zero attached hydrogens (tertiary/aromatic N) is 2. The maximum Gasteiger partial charge on any atom is 0.255 e. The first-order valence-corrected chi connectivity index (χ1v) is 14.1. The highest BCUT2D eigenvalue weighted by Gasteiger charge is 2.30. The molecule has 206 valence electrons. The molecule has 0 atom stereocenters. The normalized spacial score (nSPS) is 11.5. The van der Waals surface area contributed by atoms with Gasteiger partial charge in [-0.3, -0.25) is 4.79 Å². The molecule has 0 unspecified atom stereocenters. The van der Waals surface area contributed by atoms with E-state index in [-0.39, 0.29) is 17.2 Å². The van der Waals surface area contributed by atoms with Gasteiger partial charge in [-0.15, -0.1) is 0 Å². The Bertz CT molecular complexity index is 1540. The smallest absolute Gasteiger partial charge is 0.255 e. The van der Waals surface area contributed by atoms with E-state index in [2.05, 4.69) is 10.5 Å². The minimum absolute atomic E-state index is 0.00183. The van der Waals surface area contributed by atoms with Crippen molar-refractivity contribution in [1.82, 2.24) is 9.73 Å². The molecule has 8 nitrogen and oxygen atoms in total. The van der Waals surface area contributed by atoms with E-state index in [1.165, 1.54) is 19.4 Å². The number of nitrogens with one attached hydrogen (secondary N) is 1. The third-order valence-electron chi connectivity index (χ3n) is 5.99. The molecule has 0 fully saturated rings. The largest absolute Gasteiger partial charge is 0.495 e. The highest BCUT2D eigenvalue weighted by atomic mass is 32.2. The number of amides is 1. The Hall–Kier alpha value is -4.47. The first-order valence-electron chi connectivity index (χ1n) is 12.6. The summed E-state index contributed by atoms with van der Waals surface area (Å²) in [6.07, 6.45) is 1.48. The van der Waals surface area contributed by atoms with Gasteiger partial charge in [0.25, 0.3) is 5.91 Å². The number of aryl methyl sites for hydroxylation is 1. The van der Waals surface area contributed by atoms with Gasteiger partial charge in [-0.25, -0.2) is 13.8 Å². The number of hydrazone groups is 1. The van der Waals surface area contributed by atoms with Gasteiger partial charge in [0.15, 0.2) is 0 Å². The zero-order valence-electron chi connectivity index (χ0n) is 22.4. The van der Waals surface area contributed by atoms with E-state index in [0.717, 1.165) is 26.6 Å². The molecule has 40 heavy (non-hydrogen) atoms. The lowest BCUT2D eigenvalue weighted by atomic mass is 10.2. The number of hydrogen-bond donors (Lipinski definition) is 1. The van der Waals surface area contributed by atoms with Gasteiger partial charge in [-0.2, -0.15) is 9.41 Å². The summed E-state index contributed by atoms with van der Waals surface area (Å²) >= 11 is 0. The van der Waals surface area contributed by atoms with Crippen LogP contribution in [0.5, 0.6) is 11.5 Å². The third-order valence-corrected chi connectivity index (χ3v) is 7.80. The fraction of sp³-hybridized carbons (Fsp3) is 0.161. The molecule has 4 aromatic carbocycles. The summed E-state index contributed by atoms with van der Waals surface area (Å²) in [5, 5.41) is 4.02. The monoisotopic (exact) mass is 557 g/mol. The molecule has 0 radical (unpaired) electrons. The van der Waals surface area contributed by atoms with Crippen molar-refractivity contribution in [3.05, 3.63) is 125 Å². The Morgan fingerprint density at radius 3 is 2.20 bits per heavy atom. The van der Waals surface area contributed by atoms with Crippen molar-refractivity contribution < 1.29 is 22.7 Å². The quantitative estimate of drug-likeness (QED) is 0.197. The molecule has 0 heterocycles. The van der Waals surface area contributed by atoms with Crippen molar-refractivity contribution in [2.75, 3.05) is 13.7 Å². The summed E-state index contributed by atoms with van der Waals surface area (Å²) in [7, 11) is -2.67. The molecule has 4 rings (SSSR count). The van der Waals surface area contributed by atoms with Crippen LogP contribution in [0.15, 0.2) is 113 Å². The first kappa shape index (κ1) is 28.5. The van der Waals surface area contributed by atoms with E-state index >= 15 is 0 Å². The number of ether oxygens (including phenoxy) is 2. The van der Waals surface area contributed by atoms with Crippen molar-refractivity contribution in [3.8, 4) is 11.5 Å². The van der Waals surface area contributed by atoms with E-state index in [9.17, 15) is 13.2 Å². The molecule has 1 N–H and O–H groups in total. The number of carbonyl (C=O) groups is 1. The molecule has 0 aliphatic heterocycles. The van der Waals surface area contributed by atoms with Crippen LogP contribution in [0, 0.1) is 6.92 Å². The summed E-state index contributed by atoms with van der Waals surface area (Å²) in [4.78, 5) is 12.8. The van der Waals surface area contributed by atoms with Crippen LogP contribution in [-0.4, -0.2) is 38.5 Å². The number of hydrogen-bond acceptors (Lipinski definition) is 6. The second kappa shape index (κ2) is 13.5.